The number of amides is 1. The van der Waals surface area contributed by atoms with E-state index in [1.165, 1.54) is 0 Å². The van der Waals surface area contributed by atoms with Crippen molar-refractivity contribution in [2.45, 2.75) is 38.7 Å². The third-order valence-corrected chi connectivity index (χ3v) is 3.78. The molecule has 0 aromatic carbocycles. The second kappa shape index (κ2) is 4.72. The maximum Gasteiger partial charge on any atom is 0.227 e. The molecule has 1 heterocycles. The maximum absolute atomic E-state index is 12.0. The van der Waals surface area contributed by atoms with Gasteiger partial charge < -0.3 is 15.7 Å². The standard InChI is InChI=1S/C12H22N2O2/c1-12(5-2-6-13-8-12)11(16)14-7-10(15)9-3-4-9/h9-10,13,15H,2-8H2,1H3,(H,14,16). The van der Waals surface area contributed by atoms with E-state index in [4.69, 9.17) is 0 Å². The van der Waals surface area contributed by atoms with Gasteiger partial charge in [-0.05, 0) is 45.1 Å². The molecule has 2 fully saturated rings. The van der Waals surface area contributed by atoms with Crippen LogP contribution in [0.3, 0.4) is 0 Å². The molecule has 1 amide bonds. The van der Waals surface area contributed by atoms with E-state index >= 15 is 0 Å². The van der Waals surface area contributed by atoms with E-state index in [1.807, 2.05) is 6.92 Å². The summed E-state index contributed by atoms with van der Waals surface area (Å²) in [4.78, 5) is 12.0. The molecular formula is C12H22N2O2. The van der Waals surface area contributed by atoms with Crippen LogP contribution in [0.5, 0.6) is 0 Å². The molecule has 0 spiro atoms. The van der Waals surface area contributed by atoms with E-state index < -0.39 is 0 Å². The zero-order valence-electron chi connectivity index (χ0n) is 9.96. The van der Waals surface area contributed by atoms with Crippen molar-refractivity contribution in [1.82, 2.24) is 10.6 Å². The summed E-state index contributed by atoms with van der Waals surface area (Å²) >= 11 is 0. The molecule has 1 aliphatic heterocycles. The van der Waals surface area contributed by atoms with Crippen LogP contribution in [0.4, 0.5) is 0 Å². The summed E-state index contributed by atoms with van der Waals surface area (Å²) in [6, 6.07) is 0. The van der Waals surface area contributed by atoms with Crippen LogP contribution in [-0.2, 0) is 4.79 Å². The highest BCUT2D eigenvalue weighted by Gasteiger charge is 2.36. The zero-order chi connectivity index (χ0) is 11.6. The minimum absolute atomic E-state index is 0.0828. The number of nitrogens with one attached hydrogen (secondary N) is 2. The Kier molecular flexibility index (Phi) is 3.50. The summed E-state index contributed by atoms with van der Waals surface area (Å²) in [5.74, 6) is 0.511. The molecule has 2 aliphatic rings. The van der Waals surface area contributed by atoms with Gasteiger partial charge >= 0.3 is 0 Å². The summed E-state index contributed by atoms with van der Waals surface area (Å²) in [6.45, 7) is 4.17. The lowest BCUT2D eigenvalue weighted by molar-refractivity contribution is -0.131. The minimum atomic E-state index is -0.343. The number of carbonyl (C=O) groups excluding carboxylic acids is 1. The molecule has 1 aliphatic carbocycles. The molecule has 16 heavy (non-hydrogen) atoms. The molecule has 0 aromatic rings. The van der Waals surface area contributed by atoms with Crippen LogP contribution in [0.15, 0.2) is 0 Å². The highest BCUT2D eigenvalue weighted by Crippen LogP contribution is 2.32. The molecule has 3 N–H and O–H groups in total. The first-order chi connectivity index (χ1) is 7.62. The van der Waals surface area contributed by atoms with Crippen LogP contribution in [0, 0.1) is 11.3 Å². The lowest BCUT2D eigenvalue weighted by atomic mass is 9.82. The summed E-state index contributed by atoms with van der Waals surface area (Å²) < 4.78 is 0. The molecule has 4 heteroatoms. The van der Waals surface area contributed by atoms with Gasteiger partial charge in [0.15, 0.2) is 0 Å². The number of piperidine rings is 1. The second-order valence-electron chi connectivity index (χ2n) is 5.46. The normalized spacial score (nSPS) is 32.1. The van der Waals surface area contributed by atoms with Gasteiger partial charge in [-0.15, -0.1) is 0 Å². The number of aliphatic hydroxyl groups is 1. The largest absolute Gasteiger partial charge is 0.391 e. The Morgan fingerprint density at radius 1 is 1.62 bits per heavy atom. The maximum atomic E-state index is 12.0. The Balaban J connectivity index is 1.77. The van der Waals surface area contributed by atoms with E-state index in [0.29, 0.717) is 12.5 Å². The lowest BCUT2D eigenvalue weighted by Gasteiger charge is -2.32. The van der Waals surface area contributed by atoms with Crippen molar-refractivity contribution in [2.24, 2.45) is 11.3 Å². The lowest BCUT2D eigenvalue weighted by Crippen LogP contribution is -2.50. The molecule has 1 saturated heterocycles. The fourth-order valence-corrected chi connectivity index (χ4v) is 2.31. The number of rotatable bonds is 4. The number of carbonyl (C=O) groups is 1. The van der Waals surface area contributed by atoms with Crippen LogP contribution in [-0.4, -0.2) is 36.8 Å². The summed E-state index contributed by atoms with van der Waals surface area (Å²) in [7, 11) is 0. The third-order valence-electron chi connectivity index (χ3n) is 3.78. The molecule has 2 atom stereocenters. The molecule has 2 unspecified atom stereocenters. The summed E-state index contributed by atoms with van der Waals surface area (Å²) in [5, 5.41) is 15.8. The first-order valence-electron chi connectivity index (χ1n) is 6.29. The predicted molar refractivity (Wildman–Crippen MR) is 62.0 cm³/mol. The number of hydrogen-bond donors (Lipinski definition) is 3. The van der Waals surface area contributed by atoms with Gasteiger partial charge in [0, 0.05) is 13.1 Å². The molecule has 92 valence electrons. The zero-order valence-corrected chi connectivity index (χ0v) is 9.96. The van der Waals surface area contributed by atoms with Gasteiger partial charge in [0.2, 0.25) is 5.91 Å². The molecule has 4 nitrogen and oxygen atoms in total. The second-order valence-corrected chi connectivity index (χ2v) is 5.46. The molecule has 0 aromatic heterocycles. The van der Waals surface area contributed by atoms with Crippen molar-refractivity contribution >= 4 is 5.91 Å². The van der Waals surface area contributed by atoms with E-state index in [-0.39, 0.29) is 17.4 Å². The highest BCUT2D eigenvalue weighted by atomic mass is 16.3. The molecule has 0 radical (unpaired) electrons. The van der Waals surface area contributed by atoms with E-state index in [2.05, 4.69) is 10.6 Å². The number of hydrogen-bond acceptors (Lipinski definition) is 3. The van der Waals surface area contributed by atoms with Gasteiger partial charge in [-0.3, -0.25) is 4.79 Å². The van der Waals surface area contributed by atoms with Crippen LogP contribution in [0.25, 0.3) is 0 Å². The van der Waals surface area contributed by atoms with E-state index in [9.17, 15) is 9.90 Å². The molecule has 1 saturated carbocycles. The van der Waals surface area contributed by atoms with Crippen LogP contribution in [0.1, 0.15) is 32.6 Å². The number of aliphatic hydroxyl groups excluding tert-OH is 1. The average Bonchev–Trinajstić information content (AvgIpc) is 3.10. The van der Waals surface area contributed by atoms with E-state index in [1.54, 1.807) is 0 Å². The van der Waals surface area contributed by atoms with Gasteiger partial charge in [-0.1, -0.05) is 0 Å². The monoisotopic (exact) mass is 226 g/mol. The van der Waals surface area contributed by atoms with Crippen molar-refractivity contribution in [3.63, 3.8) is 0 Å². The Bertz CT molecular complexity index is 258. The van der Waals surface area contributed by atoms with Crippen LogP contribution in [0.2, 0.25) is 0 Å². The van der Waals surface area contributed by atoms with Crippen LogP contribution < -0.4 is 10.6 Å². The Morgan fingerprint density at radius 2 is 2.38 bits per heavy atom. The summed E-state index contributed by atoms with van der Waals surface area (Å²) in [5.41, 5.74) is -0.290. The fourth-order valence-electron chi connectivity index (χ4n) is 2.31. The van der Waals surface area contributed by atoms with Crippen molar-refractivity contribution in [3.8, 4) is 0 Å². The van der Waals surface area contributed by atoms with Gasteiger partial charge in [-0.2, -0.15) is 0 Å². The van der Waals surface area contributed by atoms with Gasteiger partial charge in [-0.25, -0.2) is 0 Å². The third kappa shape index (κ3) is 2.74. The van der Waals surface area contributed by atoms with Gasteiger partial charge in [0.1, 0.15) is 0 Å². The Morgan fingerprint density at radius 3 is 2.94 bits per heavy atom. The minimum Gasteiger partial charge on any atom is -0.391 e. The first-order valence-corrected chi connectivity index (χ1v) is 6.29. The topological polar surface area (TPSA) is 61.4 Å². The van der Waals surface area contributed by atoms with Crippen molar-refractivity contribution in [1.29, 1.82) is 0 Å². The van der Waals surface area contributed by atoms with Crippen LogP contribution >= 0.6 is 0 Å². The molecule has 0 bridgehead atoms. The quantitative estimate of drug-likeness (QED) is 0.644. The van der Waals surface area contributed by atoms with E-state index in [0.717, 1.165) is 38.8 Å². The summed E-state index contributed by atoms with van der Waals surface area (Å²) in [6.07, 6.45) is 3.86. The van der Waals surface area contributed by atoms with Crippen molar-refractivity contribution in [3.05, 3.63) is 0 Å². The van der Waals surface area contributed by atoms with Crippen molar-refractivity contribution < 1.29 is 9.90 Å². The van der Waals surface area contributed by atoms with Gasteiger partial charge in [0.25, 0.3) is 0 Å². The highest BCUT2D eigenvalue weighted by molar-refractivity contribution is 5.82. The first kappa shape index (κ1) is 11.9. The predicted octanol–water partition coefficient (Wildman–Crippen LogP) is 0.263. The Labute approximate surface area is 96.8 Å². The van der Waals surface area contributed by atoms with Crippen molar-refractivity contribution in [2.75, 3.05) is 19.6 Å². The molecule has 2 rings (SSSR count). The van der Waals surface area contributed by atoms with Gasteiger partial charge in [0.05, 0.1) is 11.5 Å². The Hall–Kier alpha value is -0.610. The fraction of sp³-hybridized carbons (Fsp3) is 0.917. The molecular weight excluding hydrogens is 204 g/mol. The SMILES string of the molecule is CC1(C(=O)NCC(O)C2CC2)CCCNC1. The average molecular weight is 226 g/mol. The smallest absolute Gasteiger partial charge is 0.227 e.